The zero-order chi connectivity index (χ0) is 16.7. The zero-order valence-corrected chi connectivity index (χ0v) is 12.9. The van der Waals surface area contributed by atoms with E-state index in [1.165, 1.54) is 29.6 Å². The van der Waals surface area contributed by atoms with Crippen molar-refractivity contribution in [3.63, 3.8) is 0 Å². The lowest BCUT2D eigenvalue weighted by atomic mass is 10.2. The van der Waals surface area contributed by atoms with Crippen LogP contribution in [0.1, 0.15) is 5.56 Å². The monoisotopic (exact) mass is 330 g/mol. The quantitative estimate of drug-likeness (QED) is 0.354. The van der Waals surface area contributed by atoms with E-state index >= 15 is 0 Å². The van der Waals surface area contributed by atoms with Gasteiger partial charge in [0.15, 0.2) is 16.7 Å². The maximum absolute atomic E-state index is 11.3. The predicted octanol–water partition coefficient (Wildman–Crippen LogP) is 1.06. The Balaban J connectivity index is 2.09. The van der Waals surface area contributed by atoms with Gasteiger partial charge in [0.25, 0.3) is 5.69 Å². The molecule has 7 heteroatoms. The first-order valence-corrected chi connectivity index (χ1v) is 7.83. The highest BCUT2D eigenvalue weighted by Gasteiger charge is 2.20. The smallest absolute Gasteiger partial charge is 0.292 e. The first-order chi connectivity index (χ1) is 11.1. The van der Waals surface area contributed by atoms with Gasteiger partial charge in [0.05, 0.1) is 10.9 Å². The van der Waals surface area contributed by atoms with Crippen LogP contribution in [-0.4, -0.2) is 28.1 Å². The van der Waals surface area contributed by atoms with E-state index in [1.807, 2.05) is 35.7 Å². The Morgan fingerprint density at radius 3 is 2.48 bits per heavy atom. The molecule has 0 saturated heterocycles. The number of anilines is 1. The van der Waals surface area contributed by atoms with Crippen LogP contribution in [0.3, 0.4) is 0 Å². The van der Waals surface area contributed by atoms with Crippen LogP contribution >= 0.6 is 0 Å². The number of carboxylic acid groups (broad SMARTS) is 1. The van der Waals surface area contributed by atoms with Crippen molar-refractivity contribution >= 4 is 34.1 Å². The van der Waals surface area contributed by atoms with Gasteiger partial charge in [0, 0.05) is 11.6 Å². The van der Waals surface area contributed by atoms with Gasteiger partial charge in [-0.2, -0.15) is 0 Å². The Morgan fingerprint density at radius 2 is 1.83 bits per heavy atom. The molecule has 0 amide bonds. The molecule has 0 saturated carbocycles. The highest BCUT2D eigenvalue weighted by atomic mass is 32.1. The topological polar surface area (TPSA) is 95.3 Å². The summed E-state index contributed by atoms with van der Waals surface area (Å²) >= 11 is 1.30. The fourth-order valence-electron chi connectivity index (χ4n) is 1.88. The molecule has 1 N–H and O–H groups in total. The minimum absolute atomic E-state index is 0.159. The van der Waals surface area contributed by atoms with Crippen molar-refractivity contribution < 1.29 is 14.8 Å². The molecule has 0 aliphatic rings. The number of carbonyl (C=O) groups is 1. The van der Waals surface area contributed by atoms with Crippen molar-refractivity contribution in [2.24, 2.45) is 0 Å². The number of rotatable bonds is 7. The van der Waals surface area contributed by atoms with Crippen LogP contribution in [0.15, 0.2) is 54.6 Å². The Kier molecular flexibility index (Phi) is 5.76. The molecule has 1 atom stereocenters. The van der Waals surface area contributed by atoms with Gasteiger partial charge in [-0.1, -0.05) is 30.3 Å². The molecule has 2 aromatic carbocycles. The van der Waals surface area contributed by atoms with Crippen molar-refractivity contribution in [1.82, 2.24) is 0 Å². The minimum atomic E-state index is -1.31. The lowest BCUT2D eigenvalue weighted by Crippen LogP contribution is -2.43. The fraction of sp³-hybridized carbons (Fsp3) is 0.125. The van der Waals surface area contributed by atoms with Gasteiger partial charge >= 0.3 is 0 Å². The summed E-state index contributed by atoms with van der Waals surface area (Å²) in [7, 11) is 0. The number of carbonyl (C=O) groups excluding carboxylic acids is 1. The van der Waals surface area contributed by atoms with Gasteiger partial charge in [0.1, 0.15) is 11.7 Å². The Bertz CT molecular complexity index is 719. The standard InChI is InChI=1S/C16H14N2O4S/c19-16(20)14(11-23-10-12-6-2-1-3-7-12)17-13-8-4-5-9-15(13)18(21)22/h1-10,14,17H,11H2. The van der Waals surface area contributed by atoms with Gasteiger partial charge < -0.3 is 15.2 Å². The van der Waals surface area contributed by atoms with Gasteiger partial charge in [-0.05, 0) is 18.2 Å². The Hall–Kier alpha value is -2.80. The van der Waals surface area contributed by atoms with Crippen LogP contribution in [0.5, 0.6) is 0 Å². The zero-order valence-electron chi connectivity index (χ0n) is 12.0. The van der Waals surface area contributed by atoms with Crippen LogP contribution in [0.4, 0.5) is 11.4 Å². The number of hydrogen-bond acceptors (Lipinski definition) is 5. The number of nitrogens with zero attached hydrogens (tertiary/aromatic N) is 1. The minimum Gasteiger partial charge on any atom is -0.548 e. The summed E-state index contributed by atoms with van der Waals surface area (Å²) < 4.78 is 0. The number of nitro benzene ring substituents is 1. The largest absolute Gasteiger partial charge is 0.548 e. The number of para-hydroxylation sites is 2. The van der Waals surface area contributed by atoms with Crippen LogP contribution in [0.25, 0.3) is 0 Å². The molecule has 2 aromatic rings. The Morgan fingerprint density at radius 1 is 1.17 bits per heavy atom. The van der Waals surface area contributed by atoms with E-state index in [0.29, 0.717) is 0 Å². The number of nitrogens with one attached hydrogen (secondary N) is 1. The second-order valence-electron chi connectivity index (χ2n) is 4.65. The molecular formula is C16H14N2O4S. The van der Waals surface area contributed by atoms with Crippen molar-refractivity contribution in [3.05, 3.63) is 70.3 Å². The summed E-state index contributed by atoms with van der Waals surface area (Å²) in [5.74, 6) is -1.12. The number of carboxylic acids is 1. The number of hydrogen-bond donors (Lipinski definition) is 1. The summed E-state index contributed by atoms with van der Waals surface area (Å²) in [5.41, 5.74) is 0.947. The van der Waals surface area contributed by atoms with Crippen LogP contribution in [0, 0.1) is 10.1 Å². The third-order valence-electron chi connectivity index (χ3n) is 3.00. The number of benzene rings is 2. The van der Waals surface area contributed by atoms with Crippen LogP contribution < -0.4 is 10.4 Å². The van der Waals surface area contributed by atoms with Crippen molar-refractivity contribution in [3.8, 4) is 0 Å². The second kappa shape index (κ2) is 8.00. The molecule has 1 unspecified atom stereocenters. The summed E-state index contributed by atoms with van der Waals surface area (Å²) in [6.07, 6.45) is 0. The van der Waals surface area contributed by atoms with E-state index in [-0.39, 0.29) is 17.1 Å². The lowest BCUT2D eigenvalue weighted by Gasteiger charge is -2.15. The van der Waals surface area contributed by atoms with Gasteiger partial charge in [-0.25, -0.2) is 0 Å². The van der Waals surface area contributed by atoms with E-state index in [1.54, 1.807) is 6.07 Å². The molecule has 118 valence electrons. The maximum Gasteiger partial charge on any atom is 0.292 e. The predicted molar refractivity (Wildman–Crippen MR) is 89.4 cm³/mol. The molecule has 23 heavy (non-hydrogen) atoms. The summed E-state index contributed by atoms with van der Waals surface area (Å²) in [6, 6.07) is 14.3. The SMILES string of the molecule is O=C([O-])C(C[S+]=Cc1ccccc1)Nc1ccccc1[N+](=O)[O-]. The maximum atomic E-state index is 11.3. The number of nitro groups is 1. The number of aliphatic carboxylic acids is 1. The van der Waals surface area contributed by atoms with Gasteiger partial charge in [0.2, 0.25) is 5.75 Å². The molecule has 2 rings (SSSR count). The van der Waals surface area contributed by atoms with Crippen LogP contribution in [-0.2, 0) is 16.1 Å². The first kappa shape index (κ1) is 16.6. The molecule has 0 aliphatic heterocycles. The van der Waals surface area contributed by atoms with Crippen molar-refractivity contribution in [2.75, 3.05) is 11.1 Å². The molecule has 0 spiro atoms. The van der Waals surface area contributed by atoms with E-state index in [2.05, 4.69) is 5.32 Å². The molecule has 0 heterocycles. The molecular weight excluding hydrogens is 316 g/mol. The molecule has 0 aromatic heterocycles. The van der Waals surface area contributed by atoms with Crippen molar-refractivity contribution in [1.29, 1.82) is 0 Å². The third kappa shape index (κ3) is 4.86. The summed E-state index contributed by atoms with van der Waals surface area (Å²) in [4.78, 5) is 21.7. The van der Waals surface area contributed by atoms with E-state index in [4.69, 9.17) is 0 Å². The van der Waals surface area contributed by atoms with E-state index in [0.717, 1.165) is 5.56 Å². The van der Waals surface area contributed by atoms with Crippen LogP contribution in [0.2, 0.25) is 0 Å². The van der Waals surface area contributed by atoms with Gasteiger partial charge in [-0.3, -0.25) is 10.1 Å². The summed E-state index contributed by atoms with van der Waals surface area (Å²) in [6.45, 7) is 0. The average Bonchev–Trinajstić information content (AvgIpc) is 2.55. The summed E-state index contributed by atoms with van der Waals surface area (Å²) in [5, 5.41) is 26.7. The van der Waals surface area contributed by atoms with Crippen molar-refractivity contribution in [2.45, 2.75) is 6.04 Å². The lowest BCUT2D eigenvalue weighted by molar-refractivity contribution is -0.384. The average molecular weight is 330 g/mol. The molecule has 0 radical (unpaired) electrons. The van der Waals surface area contributed by atoms with Gasteiger partial charge in [-0.15, -0.1) is 0 Å². The van der Waals surface area contributed by atoms with E-state index < -0.39 is 16.9 Å². The molecule has 6 nitrogen and oxygen atoms in total. The Labute approximate surface area is 136 Å². The molecule has 0 bridgehead atoms. The second-order valence-corrected chi connectivity index (χ2v) is 5.55. The van der Waals surface area contributed by atoms with E-state index in [9.17, 15) is 20.0 Å². The molecule has 0 aliphatic carbocycles. The highest BCUT2D eigenvalue weighted by Crippen LogP contribution is 2.23. The highest BCUT2D eigenvalue weighted by molar-refractivity contribution is 7.77. The third-order valence-corrected chi connectivity index (χ3v) is 3.96. The fourth-order valence-corrected chi connectivity index (χ4v) is 2.74. The molecule has 0 fully saturated rings. The first-order valence-electron chi connectivity index (χ1n) is 6.78. The normalized spacial score (nSPS) is 12.0.